The normalized spacial score (nSPS) is 11.1. The van der Waals surface area contributed by atoms with E-state index in [2.05, 4.69) is 175 Å². The standard InChI is InChI=1S/C45H53N3O2.2C7H7.Hf/c1-29(2)35-16-13-17-36(30(3)4)43(35)39-26-31(5)25-34(44(39)49)28-47(23-22-46(7)8)21-20-33-24-32(6)27-42(45(33)50)48-40-18-11-9-14-37(40)38-15-10-12-19-41(38)48;2*1-7-5-3-2-4-6-7;/h9-19,24-27,29-30,49-50H,20-23,28H2,1-8H3;2*2-6H,1H2;/q;2*-1;+4. The molecule has 0 radical (unpaired) electrons. The van der Waals surface area contributed by atoms with Crippen LogP contribution in [0.1, 0.15) is 84.0 Å². The molecule has 0 unspecified atom stereocenters. The van der Waals surface area contributed by atoms with Crippen molar-refractivity contribution in [2.75, 3.05) is 33.7 Å². The molecule has 0 saturated heterocycles. The van der Waals surface area contributed by atoms with Crippen molar-refractivity contribution in [1.82, 2.24) is 14.4 Å². The Morgan fingerprint density at radius 2 is 1.02 bits per heavy atom. The number of aromatic nitrogens is 1. The molecule has 0 saturated carbocycles. The van der Waals surface area contributed by atoms with Crippen molar-refractivity contribution in [1.29, 1.82) is 0 Å². The SMILES string of the molecule is Cc1cc(CN(CCc2cc(C)cc(-n3c4ccccc4c4ccccc43)c2O)CCN(C)C)c(O)c(-c2c(C(C)C)cccc2C(C)C)c1.[CH2-]c1ccccc1.[CH2-]c1ccccc1.[Hf+4]. The Labute approximate surface area is 408 Å². The number of hydrogen-bond acceptors (Lipinski definition) is 4. The summed E-state index contributed by atoms with van der Waals surface area (Å²) in [6, 6.07) is 51.7. The van der Waals surface area contributed by atoms with Gasteiger partial charge in [-0.2, -0.15) is 49.2 Å². The van der Waals surface area contributed by atoms with Gasteiger partial charge in [-0.15, -0.1) is 24.3 Å². The van der Waals surface area contributed by atoms with Crippen molar-refractivity contribution in [3.05, 3.63) is 210 Å². The minimum absolute atomic E-state index is 0. The molecule has 5 nitrogen and oxygen atoms in total. The van der Waals surface area contributed by atoms with Crippen LogP contribution in [0.25, 0.3) is 38.6 Å². The maximum Gasteiger partial charge on any atom is 4.00 e. The maximum atomic E-state index is 12.0. The smallest absolute Gasteiger partial charge is 0.507 e. The van der Waals surface area contributed by atoms with Crippen molar-refractivity contribution >= 4 is 21.8 Å². The molecule has 65 heavy (non-hydrogen) atoms. The molecule has 8 aromatic rings. The van der Waals surface area contributed by atoms with Gasteiger partial charge in [-0.3, -0.25) is 4.90 Å². The summed E-state index contributed by atoms with van der Waals surface area (Å²) in [5.41, 5.74) is 13.9. The number of phenols is 2. The van der Waals surface area contributed by atoms with Gasteiger partial charge < -0.3 is 19.7 Å². The quantitative estimate of drug-likeness (QED) is 0.0946. The van der Waals surface area contributed by atoms with E-state index in [0.29, 0.717) is 36.3 Å². The number of benzene rings is 7. The van der Waals surface area contributed by atoms with Crippen LogP contribution in [0.3, 0.4) is 0 Å². The topological polar surface area (TPSA) is 51.9 Å². The van der Waals surface area contributed by atoms with Gasteiger partial charge in [0.1, 0.15) is 11.5 Å². The summed E-state index contributed by atoms with van der Waals surface area (Å²) >= 11 is 0. The van der Waals surface area contributed by atoms with Gasteiger partial charge in [-0.25, -0.2) is 0 Å². The van der Waals surface area contributed by atoms with Crippen LogP contribution in [-0.2, 0) is 38.8 Å². The zero-order chi connectivity index (χ0) is 45.9. The molecule has 8 rings (SSSR count). The largest absolute Gasteiger partial charge is 4.00 e. The number of para-hydroxylation sites is 2. The van der Waals surface area contributed by atoms with Crippen molar-refractivity contribution < 1.29 is 36.1 Å². The molecule has 0 aliphatic heterocycles. The van der Waals surface area contributed by atoms with E-state index in [9.17, 15) is 10.2 Å². The van der Waals surface area contributed by atoms with Gasteiger partial charge in [0.2, 0.25) is 0 Å². The van der Waals surface area contributed by atoms with E-state index in [-0.39, 0.29) is 25.8 Å². The van der Waals surface area contributed by atoms with Gasteiger partial charge >= 0.3 is 25.8 Å². The van der Waals surface area contributed by atoms with Crippen LogP contribution >= 0.6 is 0 Å². The summed E-state index contributed by atoms with van der Waals surface area (Å²) in [6.45, 7) is 23.7. The molecule has 0 fully saturated rings. The molecule has 2 N–H and O–H groups in total. The summed E-state index contributed by atoms with van der Waals surface area (Å²) in [6.07, 6.45) is 0.679. The fourth-order valence-corrected chi connectivity index (χ4v) is 8.49. The van der Waals surface area contributed by atoms with E-state index in [1.54, 1.807) is 0 Å². The van der Waals surface area contributed by atoms with Gasteiger partial charge in [0.25, 0.3) is 0 Å². The van der Waals surface area contributed by atoms with Crippen molar-refractivity contribution in [3.63, 3.8) is 0 Å². The average molecular weight is 1030 g/mol. The molecule has 0 spiro atoms. The van der Waals surface area contributed by atoms with Gasteiger partial charge in [-0.1, -0.05) is 107 Å². The van der Waals surface area contributed by atoms with Gasteiger partial charge in [0.15, 0.2) is 0 Å². The molecule has 0 aliphatic carbocycles. The second kappa shape index (κ2) is 23.6. The number of nitrogens with zero attached hydrogens (tertiary/aromatic N) is 3. The van der Waals surface area contributed by atoms with Crippen LogP contribution in [0, 0.1) is 27.7 Å². The monoisotopic (exact) mass is 1030 g/mol. The van der Waals surface area contributed by atoms with Gasteiger partial charge in [0.05, 0.1) is 16.7 Å². The number of phenolic OH excluding ortho intramolecular Hbond substituents is 2. The second-order valence-corrected chi connectivity index (χ2v) is 17.9. The number of fused-ring (bicyclic) bond motifs is 3. The molecule has 1 heterocycles. The molecule has 0 bridgehead atoms. The number of likely N-dealkylation sites (N-methyl/N-ethyl adjacent to an activating group) is 1. The Morgan fingerprint density at radius 1 is 0.538 bits per heavy atom. The van der Waals surface area contributed by atoms with E-state index in [0.717, 1.165) is 75.3 Å². The molecule has 0 amide bonds. The van der Waals surface area contributed by atoms with E-state index >= 15 is 0 Å². The molecule has 332 valence electrons. The molecule has 0 atom stereocenters. The van der Waals surface area contributed by atoms with E-state index in [4.69, 9.17) is 0 Å². The van der Waals surface area contributed by atoms with E-state index in [1.165, 1.54) is 27.5 Å². The third-order valence-electron chi connectivity index (χ3n) is 11.7. The first-order valence-electron chi connectivity index (χ1n) is 22.6. The maximum absolute atomic E-state index is 12.0. The van der Waals surface area contributed by atoms with E-state index in [1.807, 2.05) is 60.7 Å². The third-order valence-corrected chi connectivity index (χ3v) is 11.7. The zero-order valence-corrected chi connectivity index (χ0v) is 43.4. The first-order valence-corrected chi connectivity index (χ1v) is 22.6. The van der Waals surface area contributed by atoms with Crippen LogP contribution in [0.4, 0.5) is 0 Å². The second-order valence-electron chi connectivity index (χ2n) is 17.9. The first kappa shape index (κ1) is 50.5. The molecular weight excluding hydrogens is 961 g/mol. The molecule has 1 aromatic heterocycles. The molecule has 0 aliphatic rings. The number of aromatic hydroxyl groups is 2. The summed E-state index contributed by atoms with van der Waals surface area (Å²) < 4.78 is 2.20. The fourth-order valence-electron chi connectivity index (χ4n) is 8.49. The third kappa shape index (κ3) is 12.8. The first-order chi connectivity index (χ1) is 30.7. The van der Waals surface area contributed by atoms with Gasteiger partial charge in [0, 0.05) is 48.1 Å². The van der Waals surface area contributed by atoms with Crippen LogP contribution in [0.15, 0.2) is 152 Å². The van der Waals surface area contributed by atoms with Crippen LogP contribution in [-0.4, -0.2) is 58.3 Å². The predicted octanol–water partition coefficient (Wildman–Crippen LogP) is 14.1. The van der Waals surface area contributed by atoms with E-state index < -0.39 is 0 Å². The molecule has 6 heteroatoms. The summed E-state index contributed by atoms with van der Waals surface area (Å²) in [5.74, 6) is 1.35. The zero-order valence-electron chi connectivity index (χ0n) is 39.8. The van der Waals surface area contributed by atoms with Gasteiger partial charge in [-0.05, 0) is 104 Å². The van der Waals surface area contributed by atoms with Crippen molar-refractivity contribution in [3.8, 4) is 28.3 Å². The Bertz CT molecular complexity index is 2640. The van der Waals surface area contributed by atoms with Crippen LogP contribution in [0.2, 0.25) is 0 Å². The minimum Gasteiger partial charge on any atom is -0.507 e. The van der Waals surface area contributed by atoms with Crippen LogP contribution < -0.4 is 0 Å². The number of hydrogen-bond donors (Lipinski definition) is 2. The Balaban J connectivity index is 0.000000449. The van der Waals surface area contributed by atoms with Crippen LogP contribution in [0.5, 0.6) is 11.5 Å². The molecule has 7 aromatic carbocycles. The Kier molecular flexibility index (Phi) is 18.3. The molecular formula is C59H67HfN3O2+2. The Morgan fingerprint density at radius 3 is 1.49 bits per heavy atom. The number of rotatable bonds is 12. The van der Waals surface area contributed by atoms with Crippen molar-refractivity contribution in [2.45, 2.75) is 66.3 Å². The predicted molar refractivity (Wildman–Crippen MR) is 273 cm³/mol. The number of aryl methyl sites for hydroxylation is 2. The average Bonchev–Trinajstić information content (AvgIpc) is 3.61. The minimum atomic E-state index is 0. The summed E-state index contributed by atoms with van der Waals surface area (Å²) in [4.78, 5) is 4.62. The Hall–Kier alpha value is -5.53. The fraction of sp³-hybridized carbons (Fsp3) is 0.254. The summed E-state index contributed by atoms with van der Waals surface area (Å²) in [7, 11) is 4.20. The summed E-state index contributed by atoms with van der Waals surface area (Å²) in [5, 5.41) is 26.3. The van der Waals surface area contributed by atoms with Crippen molar-refractivity contribution in [2.24, 2.45) is 0 Å².